The number of benzene rings is 2. The number of carbonyl (C=O) groups is 1. The highest BCUT2D eigenvalue weighted by Crippen LogP contribution is 2.32. The molecule has 2 heterocycles. The van der Waals surface area contributed by atoms with Gasteiger partial charge in [-0.05, 0) is 24.3 Å². The number of ether oxygens (including phenoxy) is 3. The van der Waals surface area contributed by atoms with Crippen LogP contribution in [0.5, 0.6) is 17.2 Å². The Balaban J connectivity index is 1.50. The van der Waals surface area contributed by atoms with Crippen LogP contribution in [-0.4, -0.2) is 47.2 Å². The number of anilines is 1. The summed E-state index contributed by atoms with van der Waals surface area (Å²) in [6.07, 6.45) is 0.0843. The third-order valence-corrected chi connectivity index (χ3v) is 6.15. The van der Waals surface area contributed by atoms with Crippen LogP contribution in [0.1, 0.15) is 6.42 Å². The minimum atomic E-state index is -3.81. The molecule has 1 saturated heterocycles. The van der Waals surface area contributed by atoms with Crippen LogP contribution in [0.15, 0.2) is 47.4 Å². The largest absolute Gasteiger partial charge is 0.497 e. The lowest BCUT2D eigenvalue weighted by molar-refractivity contribution is -0.117. The molecule has 1 amide bonds. The van der Waals surface area contributed by atoms with E-state index in [1.165, 1.54) is 12.1 Å². The van der Waals surface area contributed by atoms with Gasteiger partial charge in [0.25, 0.3) is 0 Å². The molecule has 1 atom stereocenters. The predicted octanol–water partition coefficient (Wildman–Crippen LogP) is 1.55. The first-order valence-electron chi connectivity index (χ1n) is 8.83. The van der Waals surface area contributed by atoms with E-state index in [1.54, 1.807) is 42.3 Å². The molecule has 0 spiro atoms. The number of sulfonamides is 1. The van der Waals surface area contributed by atoms with Crippen molar-refractivity contribution in [2.24, 2.45) is 0 Å². The Morgan fingerprint density at radius 3 is 2.68 bits per heavy atom. The summed E-state index contributed by atoms with van der Waals surface area (Å²) in [6.45, 7) is 1.05. The molecule has 0 unspecified atom stereocenters. The van der Waals surface area contributed by atoms with Crippen LogP contribution in [0.2, 0.25) is 0 Å². The fourth-order valence-electron chi connectivity index (χ4n) is 3.29. The van der Waals surface area contributed by atoms with Crippen molar-refractivity contribution in [3.05, 3.63) is 42.5 Å². The summed E-state index contributed by atoms with van der Waals surface area (Å²) in [6, 6.07) is 11.1. The van der Waals surface area contributed by atoms with E-state index in [0.717, 1.165) is 0 Å². The fourth-order valence-corrected chi connectivity index (χ4v) is 4.53. The number of rotatable bonds is 5. The number of hydrogen-bond acceptors (Lipinski definition) is 6. The quantitative estimate of drug-likeness (QED) is 0.813. The second-order valence-corrected chi connectivity index (χ2v) is 8.25. The van der Waals surface area contributed by atoms with Crippen LogP contribution >= 0.6 is 0 Å². The lowest BCUT2D eigenvalue weighted by Crippen LogP contribution is -2.37. The molecule has 2 aliphatic heterocycles. The van der Waals surface area contributed by atoms with Gasteiger partial charge < -0.3 is 19.1 Å². The maximum atomic E-state index is 12.8. The van der Waals surface area contributed by atoms with Crippen molar-refractivity contribution in [3.8, 4) is 17.2 Å². The molecular formula is C19H20N2O6S. The first-order chi connectivity index (χ1) is 13.5. The molecule has 2 aliphatic rings. The van der Waals surface area contributed by atoms with Crippen LogP contribution in [0.4, 0.5) is 5.69 Å². The van der Waals surface area contributed by atoms with Gasteiger partial charge in [0.1, 0.15) is 19.0 Å². The SMILES string of the molecule is COc1cccc(N2C[C@@H](NS(=O)(=O)c3ccc4c(c3)OCCO4)CC2=O)c1. The Labute approximate surface area is 163 Å². The third-order valence-electron chi connectivity index (χ3n) is 4.64. The average Bonchev–Trinajstić information content (AvgIpc) is 3.07. The lowest BCUT2D eigenvalue weighted by atomic mass is 10.3. The van der Waals surface area contributed by atoms with E-state index in [0.29, 0.717) is 36.1 Å². The molecule has 9 heteroatoms. The standard InChI is InChI=1S/C19H20N2O6S/c1-25-15-4-2-3-14(10-15)21-12-13(9-19(21)22)20-28(23,24)16-5-6-17-18(11-16)27-8-7-26-17/h2-6,10-11,13,20H,7-9,12H2,1H3/t13-/m0/s1. The van der Waals surface area contributed by atoms with Gasteiger partial charge in [0.2, 0.25) is 15.9 Å². The summed E-state index contributed by atoms with van der Waals surface area (Å²) in [7, 11) is -2.26. The van der Waals surface area contributed by atoms with E-state index in [9.17, 15) is 13.2 Å². The first-order valence-corrected chi connectivity index (χ1v) is 10.3. The second-order valence-electron chi connectivity index (χ2n) is 6.53. The van der Waals surface area contributed by atoms with Crippen molar-refractivity contribution in [2.45, 2.75) is 17.4 Å². The van der Waals surface area contributed by atoms with Gasteiger partial charge in [0.05, 0.1) is 12.0 Å². The van der Waals surface area contributed by atoms with Crippen molar-refractivity contribution >= 4 is 21.6 Å². The summed E-state index contributed by atoms with van der Waals surface area (Å²) in [5.41, 5.74) is 0.672. The predicted molar refractivity (Wildman–Crippen MR) is 102 cm³/mol. The molecule has 2 aromatic rings. The minimum absolute atomic E-state index is 0.0732. The van der Waals surface area contributed by atoms with Crippen molar-refractivity contribution in [1.29, 1.82) is 0 Å². The highest BCUT2D eigenvalue weighted by Gasteiger charge is 2.34. The fraction of sp³-hybridized carbons (Fsp3) is 0.316. The Kier molecular flexibility index (Phi) is 4.86. The van der Waals surface area contributed by atoms with E-state index in [4.69, 9.17) is 14.2 Å². The zero-order valence-electron chi connectivity index (χ0n) is 15.3. The number of hydrogen-bond donors (Lipinski definition) is 1. The number of nitrogens with one attached hydrogen (secondary N) is 1. The summed E-state index contributed by atoms with van der Waals surface area (Å²) >= 11 is 0. The van der Waals surface area contributed by atoms with Crippen LogP contribution in [0, 0.1) is 0 Å². The zero-order chi connectivity index (χ0) is 19.7. The van der Waals surface area contributed by atoms with Gasteiger partial charge in [-0.15, -0.1) is 0 Å². The summed E-state index contributed by atoms with van der Waals surface area (Å²) < 4.78 is 44.2. The zero-order valence-corrected chi connectivity index (χ0v) is 16.1. The number of amides is 1. The minimum Gasteiger partial charge on any atom is -0.497 e. The third kappa shape index (κ3) is 3.63. The topological polar surface area (TPSA) is 94.2 Å². The smallest absolute Gasteiger partial charge is 0.241 e. The van der Waals surface area contributed by atoms with Crippen molar-refractivity contribution in [3.63, 3.8) is 0 Å². The Bertz CT molecular complexity index is 1010. The number of nitrogens with zero attached hydrogens (tertiary/aromatic N) is 1. The van der Waals surface area contributed by atoms with Crippen LogP contribution in [-0.2, 0) is 14.8 Å². The first kappa shape index (κ1) is 18.6. The van der Waals surface area contributed by atoms with Gasteiger partial charge in [0.15, 0.2) is 11.5 Å². The normalized spacial score (nSPS) is 19.0. The maximum Gasteiger partial charge on any atom is 0.241 e. The molecule has 0 saturated carbocycles. The molecule has 0 aromatic heterocycles. The van der Waals surface area contributed by atoms with Gasteiger partial charge in [0, 0.05) is 36.8 Å². The van der Waals surface area contributed by atoms with Crippen molar-refractivity contribution < 1.29 is 27.4 Å². The highest BCUT2D eigenvalue weighted by molar-refractivity contribution is 7.89. The van der Waals surface area contributed by atoms with E-state index >= 15 is 0 Å². The Morgan fingerprint density at radius 1 is 1.11 bits per heavy atom. The maximum absolute atomic E-state index is 12.8. The van der Waals surface area contributed by atoms with Crippen LogP contribution in [0.25, 0.3) is 0 Å². The Morgan fingerprint density at radius 2 is 1.89 bits per heavy atom. The molecule has 4 rings (SSSR count). The highest BCUT2D eigenvalue weighted by atomic mass is 32.2. The summed E-state index contributed by atoms with van der Waals surface area (Å²) in [5, 5.41) is 0. The van der Waals surface area contributed by atoms with Crippen molar-refractivity contribution in [2.75, 3.05) is 31.8 Å². The average molecular weight is 404 g/mol. The van der Waals surface area contributed by atoms with Crippen LogP contribution in [0.3, 0.4) is 0 Å². The molecule has 0 aliphatic carbocycles. The monoisotopic (exact) mass is 404 g/mol. The van der Waals surface area contributed by atoms with Gasteiger partial charge in [-0.1, -0.05) is 6.07 Å². The van der Waals surface area contributed by atoms with Gasteiger partial charge in [-0.3, -0.25) is 4.79 Å². The van der Waals surface area contributed by atoms with E-state index in [2.05, 4.69) is 4.72 Å². The van der Waals surface area contributed by atoms with E-state index in [1.807, 2.05) is 0 Å². The van der Waals surface area contributed by atoms with Gasteiger partial charge in [-0.2, -0.15) is 0 Å². The molecule has 2 aromatic carbocycles. The molecule has 8 nitrogen and oxygen atoms in total. The molecule has 148 valence electrons. The molecule has 1 fully saturated rings. The van der Waals surface area contributed by atoms with E-state index in [-0.39, 0.29) is 23.8 Å². The van der Waals surface area contributed by atoms with Gasteiger partial charge in [-0.25, -0.2) is 13.1 Å². The number of fused-ring (bicyclic) bond motifs is 1. The van der Waals surface area contributed by atoms with Crippen LogP contribution < -0.4 is 23.8 Å². The molecule has 0 radical (unpaired) electrons. The molecule has 28 heavy (non-hydrogen) atoms. The number of methoxy groups -OCH3 is 1. The molecule has 0 bridgehead atoms. The summed E-state index contributed by atoms with van der Waals surface area (Å²) in [4.78, 5) is 14.0. The second kappa shape index (κ2) is 7.33. The van der Waals surface area contributed by atoms with Gasteiger partial charge >= 0.3 is 0 Å². The lowest BCUT2D eigenvalue weighted by Gasteiger charge is -2.20. The number of carbonyl (C=O) groups excluding carboxylic acids is 1. The Hall–Kier alpha value is -2.78. The van der Waals surface area contributed by atoms with Crippen molar-refractivity contribution in [1.82, 2.24) is 4.72 Å². The van der Waals surface area contributed by atoms with E-state index < -0.39 is 16.1 Å². The molecule has 1 N–H and O–H groups in total. The summed E-state index contributed by atoms with van der Waals surface area (Å²) in [5.74, 6) is 1.40. The molecular weight excluding hydrogens is 384 g/mol.